The van der Waals surface area contributed by atoms with E-state index in [1.54, 1.807) is 0 Å². The van der Waals surface area contributed by atoms with Gasteiger partial charge in [0, 0.05) is 12.2 Å². The molecule has 2 amide bonds. The normalized spacial score (nSPS) is 13.1. The lowest BCUT2D eigenvalue weighted by Crippen LogP contribution is -2.69. The molecule has 0 aliphatic rings. The van der Waals surface area contributed by atoms with Crippen LogP contribution in [0.25, 0.3) is 0 Å². The third-order valence-corrected chi connectivity index (χ3v) is 2.67. The molecular formula is C10H17N3O6S. The Labute approximate surface area is 120 Å². The number of carboxylic acid groups (broad SMARTS) is 2. The van der Waals surface area contributed by atoms with Crippen molar-refractivity contribution in [2.24, 2.45) is 0 Å². The Morgan fingerprint density at radius 1 is 1.25 bits per heavy atom. The summed E-state index contributed by atoms with van der Waals surface area (Å²) in [6.07, 6.45) is -0.189. The third-order valence-electron chi connectivity index (χ3n) is 2.30. The van der Waals surface area contributed by atoms with Crippen molar-refractivity contribution in [1.82, 2.24) is 10.6 Å². The Balaban J connectivity index is 4.33. The Morgan fingerprint density at radius 3 is 2.30 bits per heavy atom. The molecule has 0 spiro atoms. The monoisotopic (exact) mass is 307 g/mol. The van der Waals surface area contributed by atoms with Gasteiger partial charge in [-0.25, -0.2) is 0 Å². The average Bonchev–Trinajstić information content (AvgIpc) is 2.38. The molecule has 2 unspecified atom stereocenters. The van der Waals surface area contributed by atoms with Gasteiger partial charge in [0.15, 0.2) is 6.04 Å². The number of hydrogen-bond donors (Lipinski definition) is 5. The Kier molecular flexibility index (Phi) is 8.32. The Bertz CT molecular complexity index is 389. The maximum atomic E-state index is 11.7. The van der Waals surface area contributed by atoms with Gasteiger partial charge in [-0.05, 0) is 0 Å². The highest BCUT2D eigenvalue weighted by Gasteiger charge is 2.24. The fraction of sp³-hybridized carbons (Fsp3) is 0.600. The van der Waals surface area contributed by atoms with Crippen LogP contribution in [0.2, 0.25) is 0 Å². The van der Waals surface area contributed by atoms with Crippen LogP contribution in [-0.2, 0) is 19.2 Å². The molecule has 114 valence electrons. The summed E-state index contributed by atoms with van der Waals surface area (Å²) < 4.78 is 0. The molecule has 0 bridgehead atoms. The lowest BCUT2D eigenvalue weighted by molar-refractivity contribution is -0.405. The molecule has 0 aliphatic carbocycles. The van der Waals surface area contributed by atoms with Crippen LogP contribution < -0.4 is 21.5 Å². The summed E-state index contributed by atoms with van der Waals surface area (Å²) in [6, 6.07) is -1.86. The topological polar surface area (TPSA) is 163 Å². The van der Waals surface area contributed by atoms with E-state index in [-0.39, 0.29) is 18.6 Å². The van der Waals surface area contributed by atoms with Crippen molar-refractivity contribution in [1.29, 1.82) is 0 Å². The predicted molar refractivity (Wildman–Crippen MR) is 67.3 cm³/mol. The molecule has 0 heterocycles. The van der Waals surface area contributed by atoms with Crippen molar-refractivity contribution < 1.29 is 35.1 Å². The first kappa shape index (κ1) is 18.2. The smallest absolute Gasteiger partial charge is 0.303 e. The lowest BCUT2D eigenvalue weighted by Gasteiger charge is -2.17. The summed E-state index contributed by atoms with van der Waals surface area (Å²) in [6.45, 7) is -0.675. The van der Waals surface area contributed by atoms with Gasteiger partial charge in [-0.3, -0.25) is 14.4 Å². The molecule has 0 radical (unpaired) electrons. The summed E-state index contributed by atoms with van der Waals surface area (Å²) in [4.78, 5) is 43.7. The van der Waals surface area contributed by atoms with Crippen molar-refractivity contribution in [3.8, 4) is 0 Å². The highest BCUT2D eigenvalue weighted by Crippen LogP contribution is 1.95. The quantitative estimate of drug-likeness (QED) is 0.271. The van der Waals surface area contributed by atoms with Crippen LogP contribution in [0.5, 0.6) is 0 Å². The number of aliphatic carboxylic acids is 2. The highest BCUT2D eigenvalue weighted by atomic mass is 32.1. The van der Waals surface area contributed by atoms with Gasteiger partial charge in [-0.1, -0.05) is 0 Å². The van der Waals surface area contributed by atoms with Crippen LogP contribution in [0, 0.1) is 0 Å². The minimum Gasteiger partial charge on any atom is -0.548 e. The number of amides is 2. The third kappa shape index (κ3) is 7.59. The molecule has 0 aromatic heterocycles. The summed E-state index contributed by atoms with van der Waals surface area (Å²) in [5, 5.41) is 23.0. The van der Waals surface area contributed by atoms with E-state index in [2.05, 4.69) is 23.7 Å². The number of rotatable bonds is 9. The molecule has 2 atom stereocenters. The van der Waals surface area contributed by atoms with E-state index in [0.29, 0.717) is 0 Å². The van der Waals surface area contributed by atoms with Gasteiger partial charge >= 0.3 is 5.97 Å². The number of thiol groups is 1. The zero-order valence-corrected chi connectivity index (χ0v) is 11.5. The second-order valence-electron chi connectivity index (χ2n) is 3.96. The fourth-order valence-corrected chi connectivity index (χ4v) is 1.45. The van der Waals surface area contributed by atoms with E-state index in [4.69, 9.17) is 5.11 Å². The highest BCUT2D eigenvalue weighted by molar-refractivity contribution is 7.80. The van der Waals surface area contributed by atoms with E-state index >= 15 is 0 Å². The SMILES string of the molecule is [NH3+]C(CCC(=O)O)C(=O)NC(CS)C(=O)NCC(=O)[O-]. The van der Waals surface area contributed by atoms with Crippen LogP contribution >= 0.6 is 12.6 Å². The van der Waals surface area contributed by atoms with E-state index in [9.17, 15) is 24.3 Å². The number of nitrogens with one attached hydrogen (secondary N) is 2. The molecule has 0 fully saturated rings. The molecule has 20 heavy (non-hydrogen) atoms. The standard InChI is InChI=1S/C10H17N3O6S/c11-5(1-2-7(14)15)9(18)13-6(4-20)10(19)12-3-8(16)17/h5-6,20H,1-4,11H2,(H,12,19)(H,13,18)(H,14,15)(H,16,17). The number of quaternary nitrogens is 1. The van der Waals surface area contributed by atoms with Crippen LogP contribution in [0.4, 0.5) is 0 Å². The first-order chi connectivity index (χ1) is 9.27. The zero-order valence-electron chi connectivity index (χ0n) is 10.6. The molecular weight excluding hydrogens is 290 g/mol. The van der Waals surface area contributed by atoms with E-state index in [0.717, 1.165) is 0 Å². The molecule has 10 heteroatoms. The number of carboxylic acids is 2. The molecule has 9 nitrogen and oxygen atoms in total. The van der Waals surface area contributed by atoms with Crippen molar-refractivity contribution in [3.05, 3.63) is 0 Å². The van der Waals surface area contributed by atoms with Crippen LogP contribution in [-0.4, -0.2) is 53.2 Å². The minimum absolute atomic E-state index is 0.0289. The summed E-state index contributed by atoms with van der Waals surface area (Å²) in [7, 11) is 0. The van der Waals surface area contributed by atoms with Crippen molar-refractivity contribution in [2.45, 2.75) is 24.9 Å². The summed E-state index contributed by atoms with van der Waals surface area (Å²) in [5.74, 6) is -3.88. The maximum absolute atomic E-state index is 11.7. The van der Waals surface area contributed by atoms with E-state index in [1.807, 2.05) is 5.32 Å². The van der Waals surface area contributed by atoms with E-state index in [1.165, 1.54) is 0 Å². The molecule has 0 saturated carbocycles. The van der Waals surface area contributed by atoms with Crippen molar-refractivity contribution >= 4 is 36.4 Å². The summed E-state index contributed by atoms with van der Waals surface area (Å²) in [5.41, 5.74) is 3.49. The van der Waals surface area contributed by atoms with Crippen LogP contribution in [0.3, 0.4) is 0 Å². The average molecular weight is 307 g/mol. The van der Waals surface area contributed by atoms with Gasteiger partial charge in [-0.2, -0.15) is 12.6 Å². The van der Waals surface area contributed by atoms with Crippen LogP contribution in [0.15, 0.2) is 0 Å². The zero-order chi connectivity index (χ0) is 15.7. The number of carbonyl (C=O) groups is 4. The number of hydrogen-bond acceptors (Lipinski definition) is 6. The maximum Gasteiger partial charge on any atom is 0.303 e. The summed E-state index contributed by atoms with van der Waals surface area (Å²) >= 11 is 3.87. The first-order valence-electron chi connectivity index (χ1n) is 5.71. The molecule has 6 N–H and O–H groups in total. The lowest BCUT2D eigenvalue weighted by atomic mass is 10.1. The molecule has 0 aromatic carbocycles. The van der Waals surface area contributed by atoms with E-state index < -0.39 is 42.4 Å². The van der Waals surface area contributed by atoms with Crippen LogP contribution in [0.1, 0.15) is 12.8 Å². The van der Waals surface area contributed by atoms with Gasteiger partial charge in [-0.15, -0.1) is 0 Å². The van der Waals surface area contributed by atoms with Crippen molar-refractivity contribution in [3.63, 3.8) is 0 Å². The molecule has 0 saturated heterocycles. The van der Waals surface area contributed by atoms with Gasteiger partial charge in [0.05, 0.1) is 18.9 Å². The second-order valence-corrected chi connectivity index (χ2v) is 4.33. The van der Waals surface area contributed by atoms with Crippen molar-refractivity contribution in [2.75, 3.05) is 12.3 Å². The fourth-order valence-electron chi connectivity index (χ4n) is 1.19. The minimum atomic E-state index is -1.46. The Hall–Kier alpha value is -1.81. The van der Waals surface area contributed by atoms with Gasteiger partial charge < -0.3 is 31.4 Å². The van der Waals surface area contributed by atoms with Gasteiger partial charge in [0.2, 0.25) is 5.91 Å². The largest absolute Gasteiger partial charge is 0.548 e. The molecule has 0 rings (SSSR count). The first-order valence-corrected chi connectivity index (χ1v) is 6.34. The second kappa shape index (κ2) is 9.15. The van der Waals surface area contributed by atoms with Gasteiger partial charge in [0.1, 0.15) is 6.04 Å². The van der Waals surface area contributed by atoms with Gasteiger partial charge in [0.25, 0.3) is 5.91 Å². The molecule has 0 aromatic rings. The Morgan fingerprint density at radius 2 is 1.85 bits per heavy atom. The molecule has 0 aliphatic heterocycles. The number of carbonyl (C=O) groups excluding carboxylic acids is 3. The predicted octanol–water partition coefficient (Wildman–Crippen LogP) is -4.26.